The Balaban J connectivity index is 3.67. The second-order valence-corrected chi connectivity index (χ2v) is 2.51. The van der Waals surface area contributed by atoms with Gasteiger partial charge in [0, 0.05) is 0 Å². The molecule has 0 aromatic carbocycles. The van der Waals surface area contributed by atoms with Gasteiger partial charge in [0.2, 0.25) is 0 Å². The molecule has 0 aromatic heterocycles. The molecule has 0 rings (SSSR count). The highest BCUT2D eigenvalue weighted by molar-refractivity contribution is 4.80. The molecule has 0 radical (unpaired) electrons. The highest BCUT2D eigenvalue weighted by Crippen LogP contribution is 2.06. The predicted molar refractivity (Wildman–Crippen MR) is 48.2 cm³/mol. The molecule has 0 aliphatic heterocycles. The van der Waals surface area contributed by atoms with Crippen LogP contribution in [0.3, 0.4) is 0 Å². The van der Waals surface area contributed by atoms with Crippen molar-refractivity contribution in [3.63, 3.8) is 0 Å². The van der Waals surface area contributed by atoms with E-state index in [-0.39, 0.29) is 12.3 Å². The van der Waals surface area contributed by atoms with Crippen molar-refractivity contribution in [1.82, 2.24) is 0 Å². The van der Waals surface area contributed by atoms with Crippen molar-refractivity contribution in [2.75, 3.05) is 0 Å². The molecule has 2 N–H and O–H groups in total. The molecule has 0 fully saturated rings. The van der Waals surface area contributed by atoms with E-state index in [1.54, 1.807) is 0 Å². The standard InChI is InChI=1S/C9H17NO/c1-4-6-9(7-5-2)11-8(3)10/h4-5,8-9H,1-2,6-7,10H2,3H3. The number of hydrogen-bond acceptors (Lipinski definition) is 2. The van der Waals surface area contributed by atoms with Gasteiger partial charge in [-0.2, -0.15) is 0 Å². The Morgan fingerprint density at radius 2 is 1.82 bits per heavy atom. The van der Waals surface area contributed by atoms with Gasteiger partial charge in [-0.05, 0) is 19.8 Å². The Morgan fingerprint density at radius 3 is 2.09 bits per heavy atom. The van der Waals surface area contributed by atoms with E-state index >= 15 is 0 Å². The second kappa shape index (κ2) is 6.13. The van der Waals surface area contributed by atoms with Crippen molar-refractivity contribution >= 4 is 0 Å². The number of nitrogens with two attached hydrogens (primary N) is 1. The summed E-state index contributed by atoms with van der Waals surface area (Å²) < 4.78 is 5.37. The van der Waals surface area contributed by atoms with Crippen LogP contribution in [0.4, 0.5) is 0 Å². The average molecular weight is 155 g/mol. The summed E-state index contributed by atoms with van der Waals surface area (Å²) in [6, 6.07) is 0. The van der Waals surface area contributed by atoms with Crippen molar-refractivity contribution in [3.05, 3.63) is 25.3 Å². The summed E-state index contributed by atoms with van der Waals surface area (Å²) in [7, 11) is 0. The monoisotopic (exact) mass is 155 g/mol. The first kappa shape index (κ1) is 10.4. The highest BCUT2D eigenvalue weighted by atomic mass is 16.5. The van der Waals surface area contributed by atoms with Gasteiger partial charge >= 0.3 is 0 Å². The van der Waals surface area contributed by atoms with Gasteiger partial charge in [-0.3, -0.25) is 0 Å². The van der Waals surface area contributed by atoms with Gasteiger partial charge in [-0.1, -0.05) is 12.2 Å². The minimum atomic E-state index is -0.208. The summed E-state index contributed by atoms with van der Waals surface area (Å²) in [5.41, 5.74) is 5.46. The number of ether oxygens (including phenoxy) is 1. The van der Waals surface area contributed by atoms with Gasteiger partial charge in [0.05, 0.1) is 6.10 Å². The Labute approximate surface area is 68.7 Å². The Bertz CT molecular complexity index is 111. The lowest BCUT2D eigenvalue weighted by molar-refractivity contribution is 0.00530. The third-order valence-corrected chi connectivity index (χ3v) is 1.27. The van der Waals surface area contributed by atoms with E-state index in [2.05, 4.69) is 13.2 Å². The van der Waals surface area contributed by atoms with Crippen molar-refractivity contribution in [2.24, 2.45) is 5.73 Å². The highest BCUT2D eigenvalue weighted by Gasteiger charge is 2.06. The van der Waals surface area contributed by atoms with Crippen molar-refractivity contribution in [1.29, 1.82) is 0 Å². The fourth-order valence-corrected chi connectivity index (χ4v) is 0.883. The molecule has 0 aliphatic rings. The molecule has 0 saturated carbocycles. The van der Waals surface area contributed by atoms with E-state index in [1.165, 1.54) is 0 Å². The lowest BCUT2D eigenvalue weighted by Crippen LogP contribution is -2.25. The predicted octanol–water partition coefficient (Wildman–Crippen LogP) is 1.83. The van der Waals surface area contributed by atoms with Gasteiger partial charge in [-0.15, -0.1) is 13.2 Å². The van der Waals surface area contributed by atoms with E-state index < -0.39 is 0 Å². The molecule has 0 heterocycles. The zero-order valence-electron chi connectivity index (χ0n) is 7.12. The topological polar surface area (TPSA) is 35.2 Å². The van der Waals surface area contributed by atoms with E-state index in [1.807, 2.05) is 19.1 Å². The van der Waals surface area contributed by atoms with Crippen molar-refractivity contribution in [2.45, 2.75) is 32.1 Å². The summed E-state index contributed by atoms with van der Waals surface area (Å²) in [5, 5.41) is 0. The molecular weight excluding hydrogens is 138 g/mol. The van der Waals surface area contributed by atoms with E-state index in [0.29, 0.717) is 0 Å². The molecule has 0 bridgehead atoms. The molecule has 1 unspecified atom stereocenters. The zero-order valence-corrected chi connectivity index (χ0v) is 7.12. The van der Waals surface area contributed by atoms with Crippen molar-refractivity contribution < 1.29 is 4.74 Å². The third kappa shape index (κ3) is 5.83. The molecule has 2 heteroatoms. The first-order valence-corrected chi connectivity index (χ1v) is 3.83. The summed E-state index contributed by atoms with van der Waals surface area (Å²) in [6.07, 6.45) is 5.25. The van der Waals surface area contributed by atoms with E-state index in [4.69, 9.17) is 10.5 Å². The Morgan fingerprint density at radius 1 is 1.36 bits per heavy atom. The second-order valence-electron chi connectivity index (χ2n) is 2.51. The summed E-state index contributed by atoms with van der Waals surface area (Å²) in [5.74, 6) is 0. The molecule has 0 saturated heterocycles. The van der Waals surface area contributed by atoms with Crippen LogP contribution >= 0.6 is 0 Å². The molecule has 0 spiro atoms. The van der Waals surface area contributed by atoms with Crippen LogP contribution in [0, 0.1) is 0 Å². The molecule has 1 atom stereocenters. The molecule has 0 amide bonds. The Hall–Kier alpha value is -0.600. The van der Waals surface area contributed by atoms with Crippen molar-refractivity contribution in [3.8, 4) is 0 Å². The molecule has 64 valence electrons. The third-order valence-electron chi connectivity index (χ3n) is 1.27. The Kier molecular flexibility index (Phi) is 5.80. The fourth-order valence-electron chi connectivity index (χ4n) is 0.883. The first-order chi connectivity index (χ1) is 5.20. The molecule has 11 heavy (non-hydrogen) atoms. The van der Waals surface area contributed by atoms with E-state index in [9.17, 15) is 0 Å². The summed E-state index contributed by atoms with van der Waals surface area (Å²) >= 11 is 0. The van der Waals surface area contributed by atoms with Gasteiger partial charge in [0.1, 0.15) is 6.23 Å². The summed E-state index contributed by atoms with van der Waals surface area (Å²) in [6.45, 7) is 9.09. The molecule has 0 aliphatic carbocycles. The smallest absolute Gasteiger partial charge is 0.103 e. The zero-order chi connectivity index (χ0) is 8.69. The first-order valence-electron chi connectivity index (χ1n) is 3.83. The minimum Gasteiger partial charge on any atom is -0.360 e. The lowest BCUT2D eigenvalue weighted by atomic mass is 10.2. The van der Waals surface area contributed by atoms with Gasteiger partial charge < -0.3 is 10.5 Å². The normalized spacial score (nSPS) is 13.0. The van der Waals surface area contributed by atoms with Crippen LogP contribution in [-0.2, 0) is 4.74 Å². The van der Waals surface area contributed by atoms with Crippen LogP contribution in [0.15, 0.2) is 25.3 Å². The SMILES string of the molecule is C=CCC(CC=C)OC(C)N. The van der Waals surface area contributed by atoms with Crippen LogP contribution < -0.4 is 5.73 Å². The van der Waals surface area contributed by atoms with Crippen LogP contribution in [0.1, 0.15) is 19.8 Å². The number of rotatable bonds is 6. The molecular formula is C9H17NO. The van der Waals surface area contributed by atoms with Crippen LogP contribution in [0.25, 0.3) is 0 Å². The van der Waals surface area contributed by atoms with Gasteiger partial charge in [0.25, 0.3) is 0 Å². The summed E-state index contributed by atoms with van der Waals surface area (Å²) in [4.78, 5) is 0. The van der Waals surface area contributed by atoms with Crippen LogP contribution in [-0.4, -0.2) is 12.3 Å². The molecule has 0 aromatic rings. The fraction of sp³-hybridized carbons (Fsp3) is 0.556. The van der Waals surface area contributed by atoms with Gasteiger partial charge in [0.15, 0.2) is 0 Å². The van der Waals surface area contributed by atoms with E-state index in [0.717, 1.165) is 12.8 Å². The van der Waals surface area contributed by atoms with Crippen LogP contribution in [0.2, 0.25) is 0 Å². The molecule has 2 nitrogen and oxygen atoms in total. The van der Waals surface area contributed by atoms with Gasteiger partial charge in [-0.25, -0.2) is 0 Å². The maximum Gasteiger partial charge on any atom is 0.103 e. The maximum atomic E-state index is 5.46. The maximum absolute atomic E-state index is 5.46. The quantitative estimate of drug-likeness (QED) is 0.469. The van der Waals surface area contributed by atoms with Crippen LogP contribution in [0.5, 0.6) is 0 Å². The lowest BCUT2D eigenvalue weighted by Gasteiger charge is -2.16. The minimum absolute atomic E-state index is 0.144. The number of hydrogen-bond donors (Lipinski definition) is 1. The largest absolute Gasteiger partial charge is 0.360 e. The average Bonchev–Trinajstić information content (AvgIpc) is 1.87.